The van der Waals surface area contributed by atoms with E-state index in [-0.39, 0.29) is 5.91 Å². The zero-order chi connectivity index (χ0) is 14.2. The van der Waals surface area contributed by atoms with Gasteiger partial charge in [-0.2, -0.15) is 0 Å². The highest BCUT2D eigenvalue weighted by atomic mass is 16.3. The van der Waals surface area contributed by atoms with Gasteiger partial charge in [-0.3, -0.25) is 9.78 Å². The zero-order valence-corrected chi connectivity index (χ0v) is 11.8. The van der Waals surface area contributed by atoms with Gasteiger partial charge in [0.15, 0.2) is 12.0 Å². The van der Waals surface area contributed by atoms with E-state index >= 15 is 0 Å². The molecule has 5 rings (SSSR count). The highest BCUT2D eigenvalue weighted by Gasteiger charge is 2.34. The molecule has 1 amide bonds. The third-order valence-electron chi connectivity index (χ3n) is 4.62. The molecule has 21 heavy (non-hydrogen) atoms. The lowest BCUT2D eigenvalue weighted by molar-refractivity contribution is -0.122. The average molecular weight is 286 g/mol. The first-order valence-electron chi connectivity index (χ1n) is 7.48. The molecule has 0 spiro atoms. The number of nitrogens with one attached hydrogen (secondary N) is 1. The van der Waals surface area contributed by atoms with E-state index in [0.29, 0.717) is 24.0 Å². The van der Waals surface area contributed by atoms with Crippen molar-refractivity contribution in [3.8, 4) is 0 Å². The number of hydrogen-bond donors (Lipinski definition) is 1. The lowest BCUT2D eigenvalue weighted by Crippen LogP contribution is -2.57. The predicted octanol–water partition coefficient (Wildman–Crippen LogP) is 0.976. The molecular formula is C15H18N4O2. The molecule has 0 aromatic carbocycles. The summed E-state index contributed by atoms with van der Waals surface area (Å²) >= 11 is 0. The fourth-order valence-corrected chi connectivity index (χ4v) is 3.45. The van der Waals surface area contributed by atoms with Gasteiger partial charge in [-0.05, 0) is 37.9 Å². The van der Waals surface area contributed by atoms with Crippen molar-refractivity contribution in [2.24, 2.45) is 5.92 Å². The molecule has 0 aliphatic carbocycles. The van der Waals surface area contributed by atoms with Gasteiger partial charge in [0.1, 0.15) is 5.52 Å². The van der Waals surface area contributed by atoms with Crippen LogP contribution in [-0.2, 0) is 11.2 Å². The molecule has 2 aromatic rings. The highest BCUT2D eigenvalue weighted by molar-refractivity contribution is 5.80. The minimum Gasteiger partial charge on any atom is -0.442 e. The van der Waals surface area contributed by atoms with Crippen LogP contribution in [0.1, 0.15) is 18.5 Å². The van der Waals surface area contributed by atoms with Crippen molar-refractivity contribution in [3.63, 3.8) is 0 Å². The number of carbonyl (C=O) groups is 1. The van der Waals surface area contributed by atoms with Gasteiger partial charge in [-0.1, -0.05) is 0 Å². The lowest BCUT2D eigenvalue weighted by atomic mass is 9.84. The number of nitrogens with zero attached hydrogens (tertiary/aromatic N) is 3. The average Bonchev–Trinajstić information content (AvgIpc) is 2.96. The smallest absolute Gasteiger partial charge is 0.226 e. The van der Waals surface area contributed by atoms with Crippen LogP contribution in [-0.4, -0.2) is 46.5 Å². The Balaban J connectivity index is 1.41. The maximum absolute atomic E-state index is 12.2. The summed E-state index contributed by atoms with van der Waals surface area (Å²) in [6.45, 7) is 3.36. The number of amides is 1. The summed E-state index contributed by atoms with van der Waals surface area (Å²) in [5.74, 6) is 0.689. The Kier molecular flexibility index (Phi) is 3.11. The number of aromatic nitrogens is 2. The molecule has 5 heterocycles. The van der Waals surface area contributed by atoms with E-state index < -0.39 is 0 Å². The Morgan fingerprint density at radius 1 is 1.38 bits per heavy atom. The van der Waals surface area contributed by atoms with Crippen LogP contribution in [0.15, 0.2) is 23.1 Å². The number of piperidine rings is 3. The monoisotopic (exact) mass is 286 g/mol. The molecule has 110 valence electrons. The van der Waals surface area contributed by atoms with Gasteiger partial charge in [-0.15, -0.1) is 0 Å². The number of fused-ring (bicyclic) bond motifs is 4. The van der Waals surface area contributed by atoms with E-state index in [1.165, 1.54) is 32.3 Å². The molecule has 0 radical (unpaired) electrons. The van der Waals surface area contributed by atoms with E-state index in [4.69, 9.17) is 4.42 Å². The van der Waals surface area contributed by atoms with Crippen LogP contribution in [0.5, 0.6) is 0 Å². The van der Waals surface area contributed by atoms with Crippen LogP contribution >= 0.6 is 0 Å². The van der Waals surface area contributed by atoms with Gasteiger partial charge in [0.25, 0.3) is 0 Å². The summed E-state index contributed by atoms with van der Waals surface area (Å²) in [6.07, 6.45) is 5.72. The van der Waals surface area contributed by atoms with Gasteiger partial charge < -0.3 is 14.6 Å². The van der Waals surface area contributed by atoms with Crippen molar-refractivity contribution >= 4 is 17.0 Å². The molecule has 3 aliphatic rings. The van der Waals surface area contributed by atoms with Crippen LogP contribution in [0, 0.1) is 5.92 Å². The normalized spacial score (nSPS) is 27.9. The fourth-order valence-electron chi connectivity index (χ4n) is 3.45. The van der Waals surface area contributed by atoms with Crippen LogP contribution in [0.4, 0.5) is 0 Å². The minimum absolute atomic E-state index is 0.0455. The third-order valence-corrected chi connectivity index (χ3v) is 4.62. The number of oxazole rings is 1. The van der Waals surface area contributed by atoms with Gasteiger partial charge in [0.05, 0.1) is 18.3 Å². The fraction of sp³-hybridized carbons (Fsp3) is 0.533. The standard InChI is InChI=1S/C15H18N4O2/c20-15(18-13-8-19-3-1-10(13)2-4-19)6-11-5-12-14(7-16-11)21-9-17-12/h5,7,9-10,13H,1-4,6,8H2,(H,18,20)/t13-/m1/s1. The maximum atomic E-state index is 12.2. The molecule has 0 saturated carbocycles. The number of rotatable bonds is 3. The molecule has 3 aliphatic heterocycles. The van der Waals surface area contributed by atoms with Crippen molar-refractivity contribution < 1.29 is 9.21 Å². The van der Waals surface area contributed by atoms with Crippen molar-refractivity contribution in [2.45, 2.75) is 25.3 Å². The second kappa shape index (κ2) is 5.11. The van der Waals surface area contributed by atoms with Crippen molar-refractivity contribution in [3.05, 3.63) is 24.4 Å². The topological polar surface area (TPSA) is 71.3 Å². The first kappa shape index (κ1) is 12.8. The second-order valence-corrected chi connectivity index (χ2v) is 5.98. The van der Waals surface area contributed by atoms with E-state index in [1.807, 2.05) is 6.07 Å². The van der Waals surface area contributed by atoms with Crippen LogP contribution in [0.3, 0.4) is 0 Å². The Labute approximate surface area is 122 Å². The van der Waals surface area contributed by atoms with Gasteiger partial charge in [0, 0.05) is 12.6 Å². The van der Waals surface area contributed by atoms with Gasteiger partial charge in [0.2, 0.25) is 5.91 Å². The van der Waals surface area contributed by atoms with E-state index in [9.17, 15) is 4.79 Å². The summed E-state index contributed by atoms with van der Waals surface area (Å²) in [6, 6.07) is 2.12. The molecule has 3 saturated heterocycles. The number of carbonyl (C=O) groups excluding carboxylic acids is 1. The Morgan fingerprint density at radius 3 is 3.00 bits per heavy atom. The zero-order valence-electron chi connectivity index (χ0n) is 11.8. The van der Waals surface area contributed by atoms with E-state index in [0.717, 1.165) is 17.8 Å². The van der Waals surface area contributed by atoms with Gasteiger partial charge >= 0.3 is 0 Å². The van der Waals surface area contributed by atoms with E-state index in [2.05, 4.69) is 20.2 Å². The second-order valence-electron chi connectivity index (χ2n) is 5.98. The summed E-state index contributed by atoms with van der Waals surface area (Å²) in [5.41, 5.74) is 2.13. The molecule has 6 heteroatoms. The first-order valence-corrected chi connectivity index (χ1v) is 7.48. The molecule has 0 unspecified atom stereocenters. The SMILES string of the molecule is O=C(Cc1cc2ncoc2cn1)N[C@@H]1CN2CCC1CC2. The Bertz CT molecular complexity index is 660. The van der Waals surface area contributed by atoms with E-state index in [1.54, 1.807) is 6.20 Å². The van der Waals surface area contributed by atoms with Crippen LogP contribution < -0.4 is 5.32 Å². The molecule has 6 nitrogen and oxygen atoms in total. The molecule has 1 N–H and O–H groups in total. The first-order chi connectivity index (χ1) is 10.3. The van der Waals surface area contributed by atoms with Crippen LogP contribution in [0.2, 0.25) is 0 Å². The molecule has 2 aromatic heterocycles. The summed E-state index contributed by atoms with van der Waals surface area (Å²) < 4.78 is 5.15. The molecule has 2 bridgehead atoms. The molecule has 3 fully saturated rings. The van der Waals surface area contributed by atoms with Crippen LogP contribution in [0.25, 0.3) is 11.1 Å². The van der Waals surface area contributed by atoms with Crippen molar-refractivity contribution in [1.29, 1.82) is 0 Å². The number of hydrogen-bond acceptors (Lipinski definition) is 5. The largest absolute Gasteiger partial charge is 0.442 e. The van der Waals surface area contributed by atoms with Crippen molar-refractivity contribution in [2.75, 3.05) is 19.6 Å². The minimum atomic E-state index is 0.0455. The lowest BCUT2D eigenvalue weighted by Gasteiger charge is -2.44. The summed E-state index contributed by atoms with van der Waals surface area (Å²) in [4.78, 5) is 23.0. The maximum Gasteiger partial charge on any atom is 0.226 e. The Hall–Kier alpha value is -1.95. The van der Waals surface area contributed by atoms with Crippen molar-refractivity contribution in [1.82, 2.24) is 20.2 Å². The summed E-state index contributed by atoms with van der Waals surface area (Å²) in [7, 11) is 0. The summed E-state index contributed by atoms with van der Waals surface area (Å²) in [5, 5.41) is 3.18. The molecular weight excluding hydrogens is 268 g/mol. The highest BCUT2D eigenvalue weighted by Crippen LogP contribution is 2.27. The quantitative estimate of drug-likeness (QED) is 0.910. The van der Waals surface area contributed by atoms with Gasteiger partial charge in [-0.25, -0.2) is 4.98 Å². The predicted molar refractivity (Wildman–Crippen MR) is 76.6 cm³/mol. The third kappa shape index (κ3) is 2.51. The Morgan fingerprint density at radius 2 is 2.24 bits per heavy atom. The molecule has 1 atom stereocenters. The number of pyridine rings is 1.